The first-order valence-corrected chi connectivity index (χ1v) is 9.14. The molecule has 1 aromatic heterocycles. The van der Waals surface area contributed by atoms with Crippen LogP contribution in [0.2, 0.25) is 0 Å². The molecule has 3 nitrogen and oxygen atoms in total. The summed E-state index contributed by atoms with van der Waals surface area (Å²) in [5, 5.41) is 12.2. The Hall–Kier alpha value is -3.53. The summed E-state index contributed by atoms with van der Waals surface area (Å²) in [7, 11) is 0. The molecule has 0 saturated heterocycles. The van der Waals surface area contributed by atoms with E-state index in [0.29, 0.717) is 35.0 Å². The molecular formula is C24H15FNO2-. The molecule has 28 heavy (non-hydrogen) atoms. The van der Waals surface area contributed by atoms with E-state index >= 15 is 0 Å². The van der Waals surface area contributed by atoms with Crippen molar-refractivity contribution in [3.05, 3.63) is 89.2 Å². The lowest BCUT2D eigenvalue weighted by atomic mass is 9.84. The number of halogens is 1. The summed E-state index contributed by atoms with van der Waals surface area (Å²) in [5.41, 5.74) is 5.96. The maximum absolute atomic E-state index is 13.8. The lowest BCUT2D eigenvalue weighted by Gasteiger charge is -2.24. The molecule has 0 spiro atoms. The lowest BCUT2D eigenvalue weighted by Crippen LogP contribution is -2.26. The minimum Gasteiger partial charge on any atom is -0.545 e. The number of carbonyl (C=O) groups excluding carboxylic acids is 1. The fourth-order valence-electron chi connectivity index (χ4n) is 4.06. The number of aromatic carboxylic acids is 1. The summed E-state index contributed by atoms with van der Waals surface area (Å²) >= 11 is 0. The summed E-state index contributed by atoms with van der Waals surface area (Å²) in [5.74, 6) is -1.78. The molecule has 0 saturated carbocycles. The molecule has 0 N–H and O–H groups in total. The van der Waals surface area contributed by atoms with Crippen LogP contribution in [0.1, 0.15) is 21.5 Å². The van der Waals surface area contributed by atoms with Gasteiger partial charge in [-0.3, -0.25) is 0 Å². The van der Waals surface area contributed by atoms with E-state index in [-0.39, 0.29) is 5.56 Å². The van der Waals surface area contributed by atoms with Gasteiger partial charge in [0.1, 0.15) is 5.82 Å². The van der Waals surface area contributed by atoms with Crippen LogP contribution in [0.15, 0.2) is 66.7 Å². The Morgan fingerprint density at radius 2 is 1.75 bits per heavy atom. The molecule has 1 heterocycles. The standard InChI is InChI=1S/C24H16FNO2/c25-17-9-11-21-20(13-17)22(24(27)28)18-10-8-15-6-7-16(12-19(15)23(18)26-21)14-4-2-1-3-5-14/h1-7,9,11-13H,8,10H2,(H,27,28)/p-1. The number of fused-ring (bicyclic) bond motifs is 4. The third-order valence-electron chi connectivity index (χ3n) is 5.37. The minimum absolute atomic E-state index is 0.0512. The number of aryl methyl sites for hydroxylation is 1. The molecule has 0 aliphatic heterocycles. The van der Waals surface area contributed by atoms with Crippen LogP contribution in [-0.4, -0.2) is 11.0 Å². The van der Waals surface area contributed by atoms with E-state index in [0.717, 1.165) is 22.3 Å². The summed E-state index contributed by atoms with van der Waals surface area (Å²) in [6.07, 6.45) is 1.25. The summed E-state index contributed by atoms with van der Waals surface area (Å²) in [6, 6.07) is 20.3. The second-order valence-corrected chi connectivity index (χ2v) is 7.00. The molecule has 1 aliphatic rings. The molecule has 5 rings (SSSR count). The summed E-state index contributed by atoms with van der Waals surface area (Å²) in [4.78, 5) is 16.7. The number of hydrogen-bond donors (Lipinski definition) is 0. The number of hydrogen-bond acceptors (Lipinski definition) is 3. The molecule has 4 heteroatoms. The van der Waals surface area contributed by atoms with E-state index in [2.05, 4.69) is 18.2 Å². The molecule has 0 atom stereocenters. The van der Waals surface area contributed by atoms with Crippen molar-refractivity contribution in [2.75, 3.05) is 0 Å². The van der Waals surface area contributed by atoms with Crippen molar-refractivity contribution in [1.29, 1.82) is 0 Å². The highest BCUT2D eigenvalue weighted by molar-refractivity contribution is 6.05. The fraction of sp³-hybridized carbons (Fsp3) is 0.0833. The molecule has 136 valence electrons. The normalized spacial score (nSPS) is 12.5. The van der Waals surface area contributed by atoms with E-state index in [1.54, 1.807) is 0 Å². The van der Waals surface area contributed by atoms with Gasteiger partial charge in [-0.15, -0.1) is 0 Å². The van der Waals surface area contributed by atoms with E-state index in [1.165, 1.54) is 18.2 Å². The topological polar surface area (TPSA) is 53.0 Å². The molecule has 0 unspecified atom stereocenters. The summed E-state index contributed by atoms with van der Waals surface area (Å²) < 4.78 is 13.8. The van der Waals surface area contributed by atoms with Crippen LogP contribution >= 0.6 is 0 Å². The molecule has 4 aromatic rings. The number of pyridine rings is 1. The van der Waals surface area contributed by atoms with Gasteiger partial charge in [-0.1, -0.05) is 42.5 Å². The van der Waals surface area contributed by atoms with Crippen LogP contribution in [0, 0.1) is 5.82 Å². The monoisotopic (exact) mass is 368 g/mol. The van der Waals surface area contributed by atoms with Crippen LogP contribution in [0.4, 0.5) is 4.39 Å². The lowest BCUT2D eigenvalue weighted by molar-refractivity contribution is -0.254. The second-order valence-electron chi connectivity index (χ2n) is 7.00. The molecule has 3 aromatic carbocycles. The highest BCUT2D eigenvalue weighted by atomic mass is 19.1. The largest absolute Gasteiger partial charge is 0.545 e. The molecule has 0 amide bonds. The quantitative estimate of drug-likeness (QED) is 0.534. The van der Waals surface area contributed by atoms with E-state index in [4.69, 9.17) is 4.98 Å². The Balaban J connectivity index is 1.80. The van der Waals surface area contributed by atoms with Crippen LogP contribution < -0.4 is 5.11 Å². The van der Waals surface area contributed by atoms with Gasteiger partial charge in [0.2, 0.25) is 0 Å². The number of carboxylic acids is 1. The number of rotatable bonds is 2. The SMILES string of the molecule is O=C([O-])c1c2c(nc3ccc(F)cc13)-c1cc(-c3ccccc3)ccc1CC2. The predicted octanol–water partition coefficient (Wildman–Crippen LogP) is 4.17. The predicted molar refractivity (Wildman–Crippen MR) is 104 cm³/mol. The van der Waals surface area contributed by atoms with Gasteiger partial charge in [0.15, 0.2) is 0 Å². The Morgan fingerprint density at radius 3 is 2.54 bits per heavy atom. The van der Waals surface area contributed by atoms with Crippen molar-refractivity contribution in [3.63, 3.8) is 0 Å². The van der Waals surface area contributed by atoms with Gasteiger partial charge in [-0.2, -0.15) is 0 Å². The molecule has 0 bridgehead atoms. The first kappa shape index (κ1) is 16.6. The van der Waals surface area contributed by atoms with Gasteiger partial charge in [-0.05, 0) is 59.4 Å². The van der Waals surface area contributed by atoms with E-state index < -0.39 is 11.8 Å². The third-order valence-corrected chi connectivity index (χ3v) is 5.37. The van der Waals surface area contributed by atoms with E-state index in [1.807, 2.05) is 30.3 Å². The zero-order chi connectivity index (χ0) is 19.3. The average molecular weight is 368 g/mol. The minimum atomic E-state index is -1.29. The van der Waals surface area contributed by atoms with Crippen molar-refractivity contribution >= 4 is 16.9 Å². The third kappa shape index (κ3) is 2.57. The van der Waals surface area contributed by atoms with Crippen molar-refractivity contribution in [2.45, 2.75) is 12.8 Å². The molecule has 0 radical (unpaired) electrons. The second kappa shape index (κ2) is 6.27. The maximum Gasteiger partial charge on any atom is 0.123 e. The number of aromatic nitrogens is 1. The van der Waals surface area contributed by atoms with Crippen molar-refractivity contribution in [2.24, 2.45) is 0 Å². The number of carboxylic acid groups (broad SMARTS) is 1. The molecular weight excluding hydrogens is 353 g/mol. The summed E-state index contributed by atoms with van der Waals surface area (Å²) in [6.45, 7) is 0. The molecule has 0 fully saturated rings. The van der Waals surface area contributed by atoms with Crippen LogP contribution in [0.25, 0.3) is 33.3 Å². The van der Waals surface area contributed by atoms with Gasteiger partial charge in [0, 0.05) is 16.5 Å². The zero-order valence-corrected chi connectivity index (χ0v) is 14.9. The van der Waals surface area contributed by atoms with Gasteiger partial charge in [-0.25, -0.2) is 9.37 Å². The highest BCUT2D eigenvalue weighted by Gasteiger charge is 2.23. The Bertz CT molecular complexity index is 1250. The fourth-order valence-corrected chi connectivity index (χ4v) is 4.06. The number of carbonyl (C=O) groups is 1. The average Bonchev–Trinajstić information content (AvgIpc) is 2.72. The van der Waals surface area contributed by atoms with E-state index in [9.17, 15) is 14.3 Å². The van der Waals surface area contributed by atoms with Gasteiger partial charge >= 0.3 is 0 Å². The van der Waals surface area contributed by atoms with Gasteiger partial charge in [0.05, 0.1) is 17.2 Å². The van der Waals surface area contributed by atoms with Crippen LogP contribution in [0.5, 0.6) is 0 Å². The first-order valence-electron chi connectivity index (χ1n) is 9.14. The smallest absolute Gasteiger partial charge is 0.123 e. The van der Waals surface area contributed by atoms with Crippen molar-refractivity contribution in [3.8, 4) is 22.4 Å². The number of nitrogens with zero attached hydrogens (tertiary/aromatic N) is 1. The van der Waals surface area contributed by atoms with Crippen molar-refractivity contribution < 1.29 is 14.3 Å². The Kier molecular flexibility index (Phi) is 3.72. The molecule has 1 aliphatic carbocycles. The van der Waals surface area contributed by atoms with Gasteiger partial charge in [0.25, 0.3) is 0 Å². The van der Waals surface area contributed by atoms with Crippen molar-refractivity contribution in [1.82, 2.24) is 4.98 Å². The van der Waals surface area contributed by atoms with Crippen LogP contribution in [0.3, 0.4) is 0 Å². The Morgan fingerprint density at radius 1 is 0.929 bits per heavy atom. The number of benzene rings is 3. The highest BCUT2D eigenvalue weighted by Crippen LogP contribution is 2.38. The maximum atomic E-state index is 13.8. The zero-order valence-electron chi connectivity index (χ0n) is 14.9. The van der Waals surface area contributed by atoms with Gasteiger partial charge < -0.3 is 9.90 Å². The Labute approximate surface area is 161 Å². The first-order chi connectivity index (χ1) is 13.6. The van der Waals surface area contributed by atoms with Crippen LogP contribution in [-0.2, 0) is 12.8 Å².